The van der Waals surface area contributed by atoms with Crippen LogP contribution in [-0.2, 0) is 10.3 Å². The lowest BCUT2D eigenvalue weighted by Crippen LogP contribution is -2.53. The molecule has 0 saturated carbocycles. The van der Waals surface area contributed by atoms with Gasteiger partial charge in [-0.05, 0) is 63.8 Å². The van der Waals surface area contributed by atoms with E-state index in [1.54, 1.807) is 7.11 Å². The van der Waals surface area contributed by atoms with Gasteiger partial charge in [0, 0.05) is 24.9 Å². The molecule has 2 bridgehead atoms. The average Bonchev–Trinajstić information content (AvgIpc) is 2.79. The van der Waals surface area contributed by atoms with Crippen molar-refractivity contribution >= 4 is 6.09 Å². The number of piperidine rings is 1. The number of aryl methyl sites for hydroxylation is 1. The molecule has 3 rings (SSSR count). The number of carbonyl (C=O) groups excluding carboxylic acids is 1. The summed E-state index contributed by atoms with van der Waals surface area (Å²) in [6.07, 6.45) is 2.64. The normalized spacial score (nSPS) is 28.8. The Balaban J connectivity index is 1.85. The smallest absolute Gasteiger partial charge is 0.410 e. The Labute approximate surface area is 149 Å². The Kier molecular flexibility index (Phi) is 4.48. The lowest BCUT2D eigenvalue weighted by atomic mass is 9.79. The molecule has 0 aromatic heterocycles. The first-order valence-corrected chi connectivity index (χ1v) is 9.02. The molecule has 2 atom stereocenters. The van der Waals surface area contributed by atoms with Crippen LogP contribution < -0.4 is 4.74 Å². The zero-order valence-electron chi connectivity index (χ0n) is 15.8. The molecule has 2 fully saturated rings. The predicted molar refractivity (Wildman–Crippen MR) is 95.7 cm³/mol. The van der Waals surface area contributed by atoms with Gasteiger partial charge in [-0.3, -0.25) is 0 Å². The topological polar surface area (TPSA) is 59.0 Å². The summed E-state index contributed by atoms with van der Waals surface area (Å²) in [4.78, 5) is 14.4. The average molecular weight is 347 g/mol. The number of rotatable bonds is 2. The third-order valence-corrected chi connectivity index (χ3v) is 5.32. The van der Waals surface area contributed by atoms with E-state index in [0.717, 1.165) is 29.7 Å². The highest BCUT2D eigenvalue weighted by atomic mass is 16.6. The summed E-state index contributed by atoms with van der Waals surface area (Å²) in [6.45, 7) is 7.65. The maximum Gasteiger partial charge on any atom is 0.410 e. The Bertz CT molecular complexity index is 650. The molecule has 0 aliphatic carbocycles. The molecule has 5 heteroatoms. The number of carbonyl (C=O) groups is 1. The van der Waals surface area contributed by atoms with E-state index >= 15 is 0 Å². The highest BCUT2D eigenvalue weighted by molar-refractivity contribution is 5.70. The van der Waals surface area contributed by atoms with E-state index in [2.05, 4.69) is 0 Å². The van der Waals surface area contributed by atoms with Crippen LogP contribution in [-0.4, -0.2) is 40.9 Å². The number of hydrogen-bond acceptors (Lipinski definition) is 4. The van der Waals surface area contributed by atoms with Crippen molar-refractivity contribution in [1.82, 2.24) is 4.90 Å². The number of aliphatic hydroxyl groups is 1. The first kappa shape index (κ1) is 18.1. The molecule has 2 aliphatic rings. The van der Waals surface area contributed by atoms with E-state index < -0.39 is 11.2 Å². The maximum atomic E-state index is 12.6. The van der Waals surface area contributed by atoms with Crippen LogP contribution in [0.1, 0.15) is 57.6 Å². The van der Waals surface area contributed by atoms with Gasteiger partial charge >= 0.3 is 6.09 Å². The number of ether oxygens (including phenoxy) is 2. The molecule has 0 spiro atoms. The van der Waals surface area contributed by atoms with Crippen LogP contribution in [0.4, 0.5) is 4.79 Å². The third kappa shape index (κ3) is 3.47. The number of methoxy groups -OCH3 is 1. The van der Waals surface area contributed by atoms with Gasteiger partial charge in [0.2, 0.25) is 0 Å². The molecule has 5 nitrogen and oxygen atoms in total. The largest absolute Gasteiger partial charge is 0.497 e. The molecule has 25 heavy (non-hydrogen) atoms. The summed E-state index contributed by atoms with van der Waals surface area (Å²) in [5.74, 6) is 0.746. The monoisotopic (exact) mass is 347 g/mol. The Morgan fingerprint density at radius 2 is 1.84 bits per heavy atom. The number of fused-ring (bicyclic) bond motifs is 2. The van der Waals surface area contributed by atoms with E-state index in [-0.39, 0.29) is 18.2 Å². The van der Waals surface area contributed by atoms with Gasteiger partial charge < -0.3 is 19.5 Å². The van der Waals surface area contributed by atoms with Crippen LogP contribution >= 0.6 is 0 Å². The van der Waals surface area contributed by atoms with E-state index in [4.69, 9.17) is 9.47 Å². The second kappa shape index (κ2) is 6.20. The minimum Gasteiger partial charge on any atom is -0.497 e. The lowest BCUT2D eigenvalue weighted by molar-refractivity contribution is -0.0628. The van der Waals surface area contributed by atoms with Gasteiger partial charge in [0.05, 0.1) is 12.7 Å². The van der Waals surface area contributed by atoms with Crippen molar-refractivity contribution in [1.29, 1.82) is 0 Å². The summed E-state index contributed by atoms with van der Waals surface area (Å²) in [5.41, 5.74) is 0.525. The summed E-state index contributed by atoms with van der Waals surface area (Å²) in [5, 5.41) is 11.4. The second-order valence-electron chi connectivity index (χ2n) is 8.39. The van der Waals surface area contributed by atoms with E-state index in [9.17, 15) is 9.90 Å². The molecular weight excluding hydrogens is 318 g/mol. The standard InChI is InChI=1S/C20H29NO4/c1-13-6-9-16(24-5)10-17(13)20(23)11-14-7-8-15(12-20)21(14)18(22)25-19(2,3)4/h6,9-10,14-15,23H,7-8,11-12H2,1-5H3. The number of benzene rings is 1. The Morgan fingerprint density at radius 3 is 2.36 bits per heavy atom. The van der Waals surface area contributed by atoms with Crippen LogP contribution in [0.5, 0.6) is 5.75 Å². The fourth-order valence-corrected chi connectivity index (χ4v) is 4.29. The van der Waals surface area contributed by atoms with Crippen molar-refractivity contribution < 1.29 is 19.4 Å². The highest BCUT2D eigenvalue weighted by Crippen LogP contribution is 2.47. The number of amides is 1. The van der Waals surface area contributed by atoms with Crippen LogP contribution in [0.2, 0.25) is 0 Å². The quantitative estimate of drug-likeness (QED) is 0.885. The van der Waals surface area contributed by atoms with Gasteiger partial charge in [-0.2, -0.15) is 0 Å². The van der Waals surface area contributed by atoms with E-state index in [0.29, 0.717) is 12.8 Å². The van der Waals surface area contributed by atoms with Crippen LogP contribution in [0, 0.1) is 6.92 Å². The first-order chi connectivity index (χ1) is 11.6. The lowest BCUT2D eigenvalue weighted by Gasteiger charge is -2.44. The molecule has 1 amide bonds. The van der Waals surface area contributed by atoms with Crippen LogP contribution in [0.3, 0.4) is 0 Å². The number of hydrogen-bond donors (Lipinski definition) is 1. The molecule has 138 valence electrons. The minimum atomic E-state index is -0.928. The summed E-state index contributed by atoms with van der Waals surface area (Å²) >= 11 is 0. The first-order valence-electron chi connectivity index (χ1n) is 9.02. The van der Waals surface area contributed by atoms with Gasteiger partial charge in [0.1, 0.15) is 11.4 Å². The maximum absolute atomic E-state index is 12.6. The van der Waals surface area contributed by atoms with Gasteiger partial charge in [-0.1, -0.05) is 6.07 Å². The van der Waals surface area contributed by atoms with Crippen molar-refractivity contribution in [2.45, 2.75) is 76.7 Å². The second-order valence-corrected chi connectivity index (χ2v) is 8.39. The molecule has 0 radical (unpaired) electrons. The van der Waals surface area contributed by atoms with Crippen molar-refractivity contribution in [3.63, 3.8) is 0 Å². The SMILES string of the molecule is COc1ccc(C)c(C2(O)CC3CCC(C2)N3C(=O)OC(C)(C)C)c1. The van der Waals surface area contributed by atoms with Gasteiger partial charge in [-0.15, -0.1) is 0 Å². The molecule has 1 N–H and O–H groups in total. The minimum absolute atomic E-state index is 0.0178. The molecule has 2 heterocycles. The van der Waals surface area contributed by atoms with Gasteiger partial charge in [0.25, 0.3) is 0 Å². The zero-order chi connectivity index (χ0) is 18.4. The van der Waals surface area contributed by atoms with Crippen LogP contribution in [0.25, 0.3) is 0 Å². The Morgan fingerprint density at radius 1 is 1.24 bits per heavy atom. The highest BCUT2D eigenvalue weighted by Gasteiger charge is 2.51. The summed E-state index contributed by atoms with van der Waals surface area (Å²) < 4.78 is 10.9. The molecule has 2 saturated heterocycles. The van der Waals surface area contributed by atoms with E-state index in [1.165, 1.54) is 0 Å². The van der Waals surface area contributed by atoms with Gasteiger partial charge in [-0.25, -0.2) is 4.79 Å². The van der Waals surface area contributed by atoms with E-state index in [1.807, 2.05) is 50.8 Å². The predicted octanol–water partition coefficient (Wildman–Crippen LogP) is 3.75. The molecule has 1 aromatic carbocycles. The molecular formula is C20H29NO4. The van der Waals surface area contributed by atoms with Crippen molar-refractivity contribution in [3.8, 4) is 5.75 Å². The molecule has 1 aromatic rings. The van der Waals surface area contributed by atoms with Gasteiger partial charge in [0.15, 0.2) is 0 Å². The fraction of sp³-hybridized carbons (Fsp3) is 0.650. The van der Waals surface area contributed by atoms with Crippen molar-refractivity contribution in [3.05, 3.63) is 29.3 Å². The van der Waals surface area contributed by atoms with Crippen molar-refractivity contribution in [2.24, 2.45) is 0 Å². The number of nitrogens with zero attached hydrogens (tertiary/aromatic N) is 1. The van der Waals surface area contributed by atoms with Crippen molar-refractivity contribution in [2.75, 3.05) is 7.11 Å². The fourth-order valence-electron chi connectivity index (χ4n) is 4.29. The summed E-state index contributed by atoms with van der Waals surface area (Å²) in [7, 11) is 1.63. The Hall–Kier alpha value is -1.75. The third-order valence-electron chi connectivity index (χ3n) is 5.32. The molecule has 2 unspecified atom stereocenters. The molecule has 2 aliphatic heterocycles. The zero-order valence-corrected chi connectivity index (χ0v) is 15.8. The van der Waals surface area contributed by atoms with Crippen LogP contribution in [0.15, 0.2) is 18.2 Å². The summed E-state index contributed by atoms with van der Waals surface area (Å²) in [6, 6.07) is 5.85.